The summed E-state index contributed by atoms with van der Waals surface area (Å²) in [4.78, 5) is 0. The van der Waals surface area contributed by atoms with E-state index < -0.39 is 0 Å². The highest BCUT2D eigenvalue weighted by molar-refractivity contribution is 7.07. The van der Waals surface area contributed by atoms with E-state index in [9.17, 15) is 0 Å². The zero-order valence-corrected chi connectivity index (χ0v) is 12.5. The molecule has 0 saturated carbocycles. The van der Waals surface area contributed by atoms with Crippen LogP contribution >= 0.6 is 11.3 Å². The number of aryl methyl sites for hydroxylation is 1. The van der Waals surface area contributed by atoms with Gasteiger partial charge in [0.05, 0.1) is 0 Å². The maximum Gasteiger partial charge on any atom is 0.137 e. The van der Waals surface area contributed by atoms with Gasteiger partial charge in [0.2, 0.25) is 0 Å². The average molecular weight is 275 g/mol. The van der Waals surface area contributed by atoms with Crippen molar-refractivity contribution in [3.8, 4) is 5.75 Å². The van der Waals surface area contributed by atoms with Gasteiger partial charge >= 0.3 is 0 Å². The van der Waals surface area contributed by atoms with Crippen molar-refractivity contribution >= 4 is 11.3 Å². The van der Waals surface area contributed by atoms with Crippen LogP contribution in [0.25, 0.3) is 0 Å². The molecule has 3 heteroatoms. The number of benzene rings is 1. The molecule has 0 fully saturated rings. The van der Waals surface area contributed by atoms with Gasteiger partial charge < -0.3 is 10.5 Å². The maximum absolute atomic E-state index is 6.01. The molecule has 0 aliphatic carbocycles. The third-order valence-corrected chi connectivity index (χ3v) is 3.97. The van der Waals surface area contributed by atoms with Crippen molar-refractivity contribution in [1.82, 2.24) is 0 Å². The van der Waals surface area contributed by atoms with E-state index in [4.69, 9.17) is 10.5 Å². The van der Waals surface area contributed by atoms with Crippen LogP contribution < -0.4 is 10.5 Å². The Bertz CT molecular complexity index is 520. The van der Waals surface area contributed by atoms with Crippen molar-refractivity contribution in [1.29, 1.82) is 0 Å². The second kappa shape index (κ2) is 6.22. The van der Waals surface area contributed by atoms with Gasteiger partial charge in [0, 0.05) is 12.1 Å². The summed E-state index contributed by atoms with van der Waals surface area (Å²) >= 11 is 1.67. The topological polar surface area (TPSA) is 35.2 Å². The van der Waals surface area contributed by atoms with Crippen LogP contribution in [0.3, 0.4) is 0 Å². The summed E-state index contributed by atoms with van der Waals surface area (Å²) in [5.41, 5.74) is 9.60. The first-order valence-electron chi connectivity index (χ1n) is 6.61. The van der Waals surface area contributed by atoms with Crippen LogP contribution in [-0.2, 0) is 0 Å². The molecule has 2 N–H and O–H groups in total. The van der Waals surface area contributed by atoms with Gasteiger partial charge in [-0.05, 0) is 52.9 Å². The minimum Gasteiger partial charge on any atom is -0.484 e. The Morgan fingerprint density at radius 2 is 2.05 bits per heavy atom. The van der Waals surface area contributed by atoms with Crippen molar-refractivity contribution < 1.29 is 4.74 Å². The molecule has 0 saturated heterocycles. The quantitative estimate of drug-likeness (QED) is 0.885. The van der Waals surface area contributed by atoms with Gasteiger partial charge in [0.25, 0.3) is 0 Å². The molecule has 1 aromatic carbocycles. The molecule has 1 heterocycles. The van der Waals surface area contributed by atoms with Crippen LogP contribution in [0.15, 0.2) is 35.0 Å². The van der Waals surface area contributed by atoms with E-state index in [0.29, 0.717) is 12.5 Å². The molecule has 1 aromatic heterocycles. The highest BCUT2D eigenvalue weighted by Gasteiger charge is 2.13. The van der Waals surface area contributed by atoms with Gasteiger partial charge in [-0.3, -0.25) is 0 Å². The summed E-state index contributed by atoms with van der Waals surface area (Å²) in [6.07, 6.45) is -0.0597. The lowest BCUT2D eigenvalue weighted by Crippen LogP contribution is -2.17. The Labute approximate surface area is 119 Å². The van der Waals surface area contributed by atoms with Crippen LogP contribution in [0.2, 0.25) is 0 Å². The summed E-state index contributed by atoms with van der Waals surface area (Å²) in [6, 6.07) is 8.36. The van der Waals surface area contributed by atoms with Gasteiger partial charge in [-0.1, -0.05) is 19.9 Å². The Morgan fingerprint density at radius 1 is 1.26 bits per heavy atom. The Morgan fingerprint density at radius 3 is 2.58 bits per heavy atom. The van der Waals surface area contributed by atoms with E-state index in [1.807, 2.05) is 6.07 Å². The third-order valence-electron chi connectivity index (χ3n) is 3.27. The summed E-state index contributed by atoms with van der Waals surface area (Å²) < 4.78 is 6.01. The molecule has 0 bridgehead atoms. The first-order valence-corrected chi connectivity index (χ1v) is 7.55. The lowest BCUT2D eigenvalue weighted by Gasteiger charge is -2.18. The molecular formula is C16H21NOS. The van der Waals surface area contributed by atoms with Gasteiger partial charge in [-0.25, -0.2) is 0 Å². The molecule has 2 nitrogen and oxygen atoms in total. The molecule has 0 radical (unpaired) electrons. The number of thiophene rings is 1. The minimum absolute atomic E-state index is 0.0597. The van der Waals surface area contributed by atoms with E-state index in [0.717, 1.165) is 11.3 Å². The van der Waals surface area contributed by atoms with Crippen LogP contribution in [0.4, 0.5) is 0 Å². The largest absolute Gasteiger partial charge is 0.484 e. The molecule has 2 aromatic rings. The Balaban J connectivity index is 2.17. The second-order valence-electron chi connectivity index (χ2n) is 5.07. The fourth-order valence-corrected chi connectivity index (χ4v) is 2.95. The molecule has 2 rings (SSSR count). The van der Waals surface area contributed by atoms with Gasteiger partial charge in [0.15, 0.2) is 0 Å². The first kappa shape index (κ1) is 14.1. The fraction of sp³-hybridized carbons (Fsp3) is 0.375. The normalized spacial score (nSPS) is 12.7. The van der Waals surface area contributed by atoms with Crippen molar-refractivity contribution in [2.75, 3.05) is 6.54 Å². The standard InChI is InChI=1S/C16H21NOS/c1-11(2)15-5-4-14(8-12(15)3)18-16(9-17)13-6-7-19-10-13/h4-8,10-11,16H,9,17H2,1-3H3. The predicted octanol–water partition coefficient (Wildman–Crippen LogP) is 4.26. The van der Waals surface area contributed by atoms with E-state index in [-0.39, 0.29) is 6.10 Å². The first-order chi connectivity index (χ1) is 9.11. The molecule has 0 aliphatic heterocycles. The lowest BCUT2D eigenvalue weighted by molar-refractivity contribution is 0.214. The molecule has 19 heavy (non-hydrogen) atoms. The Hall–Kier alpha value is -1.32. The van der Waals surface area contributed by atoms with Crippen molar-refractivity contribution in [2.45, 2.75) is 32.8 Å². The molecular weight excluding hydrogens is 254 g/mol. The van der Waals surface area contributed by atoms with Crippen molar-refractivity contribution in [3.63, 3.8) is 0 Å². The van der Waals surface area contributed by atoms with Crippen LogP contribution in [0.1, 0.15) is 42.6 Å². The smallest absolute Gasteiger partial charge is 0.137 e. The second-order valence-corrected chi connectivity index (χ2v) is 5.85. The molecule has 0 spiro atoms. The zero-order chi connectivity index (χ0) is 13.8. The number of rotatable bonds is 5. The van der Waals surface area contributed by atoms with Crippen LogP contribution in [0, 0.1) is 6.92 Å². The Kier molecular flexibility index (Phi) is 4.61. The highest BCUT2D eigenvalue weighted by Crippen LogP contribution is 2.27. The molecule has 0 aliphatic rings. The van der Waals surface area contributed by atoms with Gasteiger partial charge in [0.1, 0.15) is 11.9 Å². The van der Waals surface area contributed by atoms with Crippen molar-refractivity contribution in [2.24, 2.45) is 5.73 Å². The number of hydrogen-bond acceptors (Lipinski definition) is 3. The summed E-state index contributed by atoms with van der Waals surface area (Å²) in [7, 11) is 0. The number of ether oxygens (including phenoxy) is 1. The third kappa shape index (κ3) is 3.37. The number of hydrogen-bond donors (Lipinski definition) is 1. The van der Waals surface area contributed by atoms with Crippen molar-refractivity contribution in [3.05, 3.63) is 51.7 Å². The number of nitrogens with two attached hydrogens (primary N) is 1. The predicted molar refractivity (Wildman–Crippen MR) is 82.0 cm³/mol. The SMILES string of the molecule is Cc1cc(OC(CN)c2ccsc2)ccc1C(C)C. The van der Waals surface area contributed by atoms with E-state index in [1.54, 1.807) is 11.3 Å². The summed E-state index contributed by atoms with van der Waals surface area (Å²) in [5.74, 6) is 1.43. The van der Waals surface area contributed by atoms with Crippen LogP contribution in [-0.4, -0.2) is 6.54 Å². The van der Waals surface area contributed by atoms with E-state index >= 15 is 0 Å². The van der Waals surface area contributed by atoms with Gasteiger partial charge in [-0.15, -0.1) is 0 Å². The zero-order valence-electron chi connectivity index (χ0n) is 11.7. The molecule has 1 unspecified atom stereocenters. The lowest BCUT2D eigenvalue weighted by atomic mass is 9.98. The van der Waals surface area contributed by atoms with E-state index in [2.05, 4.69) is 49.7 Å². The molecule has 102 valence electrons. The highest BCUT2D eigenvalue weighted by atomic mass is 32.1. The summed E-state index contributed by atoms with van der Waals surface area (Å²) in [5, 5.41) is 4.14. The molecule has 0 amide bonds. The van der Waals surface area contributed by atoms with E-state index in [1.165, 1.54) is 11.1 Å². The van der Waals surface area contributed by atoms with Gasteiger partial charge in [-0.2, -0.15) is 11.3 Å². The van der Waals surface area contributed by atoms with Crippen LogP contribution in [0.5, 0.6) is 5.75 Å². The average Bonchev–Trinajstić information content (AvgIpc) is 2.89. The molecule has 1 atom stereocenters. The monoisotopic (exact) mass is 275 g/mol. The minimum atomic E-state index is -0.0597. The summed E-state index contributed by atoms with van der Waals surface area (Å²) in [6.45, 7) is 7.03. The maximum atomic E-state index is 6.01. The fourth-order valence-electron chi connectivity index (χ4n) is 2.24.